The summed E-state index contributed by atoms with van der Waals surface area (Å²) < 4.78 is 0. The molecule has 0 aromatic carbocycles. The van der Waals surface area contributed by atoms with E-state index in [1.807, 2.05) is 0 Å². The number of likely N-dealkylation sites (N-methyl/N-ethyl adjacent to an activating group) is 2. The maximum absolute atomic E-state index is 12.0. The van der Waals surface area contributed by atoms with Crippen molar-refractivity contribution in [1.82, 2.24) is 9.80 Å². The number of anilines is 1. The Morgan fingerprint density at radius 3 is 2.24 bits per heavy atom. The van der Waals surface area contributed by atoms with Crippen LogP contribution in [0.1, 0.15) is 20.8 Å². The van der Waals surface area contributed by atoms with Crippen molar-refractivity contribution in [3.63, 3.8) is 0 Å². The summed E-state index contributed by atoms with van der Waals surface area (Å²) in [4.78, 5) is 38.3. The summed E-state index contributed by atoms with van der Waals surface area (Å²) in [5.74, 6) is -1.30. The van der Waals surface area contributed by atoms with Gasteiger partial charge in [0.15, 0.2) is 0 Å². The molecule has 0 saturated heterocycles. The molecule has 1 heterocycles. The molecule has 0 aliphatic rings. The van der Waals surface area contributed by atoms with E-state index >= 15 is 0 Å². The Bertz CT molecular complexity index is 580. The van der Waals surface area contributed by atoms with E-state index in [4.69, 9.17) is 0 Å². The summed E-state index contributed by atoms with van der Waals surface area (Å²) in [6.07, 6.45) is 0. The van der Waals surface area contributed by atoms with E-state index < -0.39 is 12.0 Å². The summed E-state index contributed by atoms with van der Waals surface area (Å²) in [5, 5.41) is 12.0. The number of hydrogen-bond acceptors (Lipinski definition) is 4. The molecule has 0 aliphatic heterocycles. The van der Waals surface area contributed by atoms with Gasteiger partial charge in [-0.05, 0) is 19.4 Å². The molecule has 116 valence electrons. The van der Waals surface area contributed by atoms with Crippen LogP contribution in [-0.2, 0) is 4.79 Å². The largest absolute Gasteiger partial charge is 0.478 e. The molecule has 1 rings (SSSR count). The normalized spacial score (nSPS) is 10.1. The smallest absolute Gasteiger partial charge is 0.338 e. The summed E-state index contributed by atoms with van der Waals surface area (Å²) in [7, 11) is 4.68. The molecule has 8 heteroatoms. The van der Waals surface area contributed by atoms with Gasteiger partial charge < -0.3 is 14.9 Å². The highest BCUT2D eigenvalue weighted by atomic mass is 32.1. The number of thiophene rings is 1. The van der Waals surface area contributed by atoms with Gasteiger partial charge in [0.2, 0.25) is 5.91 Å². The van der Waals surface area contributed by atoms with Crippen LogP contribution in [0.3, 0.4) is 0 Å². The van der Waals surface area contributed by atoms with E-state index in [2.05, 4.69) is 5.32 Å². The number of rotatable bonds is 4. The first-order chi connectivity index (χ1) is 9.65. The highest BCUT2D eigenvalue weighted by Crippen LogP contribution is 2.32. The second-order valence-electron chi connectivity index (χ2n) is 4.87. The van der Waals surface area contributed by atoms with Crippen molar-refractivity contribution in [2.75, 3.05) is 33.0 Å². The lowest BCUT2D eigenvalue weighted by Crippen LogP contribution is -2.39. The number of amides is 3. The third-order valence-corrected chi connectivity index (χ3v) is 4.16. The minimum atomic E-state index is -1.08. The Labute approximate surface area is 127 Å². The first kappa shape index (κ1) is 17.0. The number of urea groups is 1. The number of carboxylic acids is 1. The molecule has 3 amide bonds. The fourth-order valence-corrected chi connectivity index (χ4v) is 2.62. The van der Waals surface area contributed by atoms with Crippen LogP contribution in [0.25, 0.3) is 0 Å². The Hall–Kier alpha value is -2.09. The Kier molecular flexibility index (Phi) is 5.31. The van der Waals surface area contributed by atoms with E-state index in [0.29, 0.717) is 5.56 Å². The zero-order chi connectivity index (χ0) is 16.3. The van der Waals surface area contributed by atoms with Crippen LogP contribution in [0.15, 0.2) is 0 Å². The van der Waals surface area contributed by atoms with Crippen LogP contribution in [0.4, 0.5) is 9.80 Å². The van der Waals surface area contributed by atoms with Crippen molar-refractivity contribution in [3.8, 4) is 0 Å². The summed E-state index contributed by atoms with van der Waals surface area (Å²) >= 11 is 1.21. The first-order valence-corrected chi connectivity index (χ1v) is 7.02. The van der Waals surface area contributed by atoms with E-state index in [1.54, 1.807) is 27.9 Å². The van der Waals surface area contributed by atoms with E-state index in [-0.39, 0.29) is 23.0 Å². The lowest BCUT2D eigenvalue weighted by molar-refractivity contribution is -0.129. The quantitative estimate of drug-likeness (QED) is 0.883. The van der Waals surface area contributed by atoms with Crippen molar-refractivity contribution in [2.24, 2.45) is 0 Å². The molecule has 1 aromatic heterocycles. The minimum Gasteiger partial charge on any atom is -0.478 e. The van der Waals surface area contributed by atoms with Crippen molar-refractivity contribution in [3.05, 3.63) is 16.0 Å². The molecule has 0 bridgehead atoms. The van der Waals surface area contributed by atoms with E-state index in [9.17, 15) is 19.5 Å². The Balaban J connectivity index is 2.87. The lowest BCUT2D eigenvalue weighted by atomic mass is 10.1. The van der Waals surface area contributed by atoms with Gasteiger partial charge in [-0.25, -0.2) is 9.59 Å². The maximum atomic E-state index is 12.0. The van der Waals surface area contributed by atoms with Crippen LogP contribution in [-0.4, -0.2) is 60.5 Å². The molecular formula is C13H19N3O4S. The zero-order valence-corrected chi connectivity index (χ0v) is 13.5. The van der Waals surface area contributed by atoms with Crippen LogP contribution in [0, 0.1) is 13.8 Å². The molecule has 0 unspecified atom stereocenters. The topological polar surface area (TPSA) is 90.0 Å². The fraction of sp³-hybridized carbons (Fsp3) is 0.462. The number of aromatic carboxylic acids is 1. The van der Waals surface area contributed by atoms with Crippen LogP contribution in [0.5, 0.6) is 0 Å². The molecule has 0 atom stereocenters. The number of nitrogens with zero attached hydrogens (tertiary/aromatic N) is 2. The maximum Gasteiger partial charge on any atom is 0.338 e. The number of hydrogen-bond donors (Lipinski definition) is 2. The fourth-order valence-electron chi connectivity index (χ4n) is 1.58. The highest BCUT2D eigenvalue weighted by Gasteiger charge is 2.22. The van der Waals surface area contributed by atoms with Gasteiger partial charge in [0.1, 0.15) is 11.5 Å². The van der Waals surface area contributed by atoms with Gasteiger partial charge in [0, 0.05) is 26.0 Å². The molecule has 0 aliphatic carbocycles. The summed E-state index contributed by atoms with van der Waals surface area (Å²) in [6, 6.07) is -0.519. The van der Waals surface area contributed by atoms with Gasteiger partial charge >= 0.3 is 12.0 Å². The average Bonchev–Trinajstić information content (AvgIpc) is 2.64. The summed E-state index contributed by atoms with van der Waals surface area (Å²) in [6.45, 7) is 3.41. The molecule has 0 fully saturated rings. The average molecular weight is 313 g/mol. The SMILES string of the molecule is Cc1sc(NC(=O)N(C)CC(=O)N(C)C)c(C(=O)O)c1C. The van der Waals surface area contributed by atoms with Crippen LogP contribution in [0.2, 0.25) is 0 Å². The van der Waals surface area contributed by atoms with Gasteiger partial charge in [0.25, 0.3) is 0 Å². The van der Waals surface area contributed by atoms with Crippen molar-refractivity contribution in [2.45, 2.75) is 13.8 Å². The van der Waals surface area contributed by atoms with E-state index in [1.165, 1.54) is 28.2 Å². The minimum absolute atomic E-state index is 0.0788. The molecule has 0 spiro atoms. The van der Waals surface area contributed by atoms with Crippen LogP contribution >= 0.6 is 11.3 Å². The van der Waals surface area contributed by atoms with Gasteiger partial charge in [-0.2, -0.15) is 0 Å². The molecule has 1 aromatic rings. The zero-order valence-electron chi connectivity index (χ0n) is 12.7. The second-order valence-corrected chi connectivity index (χ2v) is 6.09. The molecule has 2 N–H and O–H groups in total. The number of carbonyl (C=O) groups excluding carboxylic acids is 2. The van der Waals surface area contributed by atoms with Gasteiger partial charge in [0.05, 0.1) is 5.56 Å². The Morgan fingerprint density at radius 2 is 1.76 bits per heavy atom. The molecular weight excluding hydrogens is 294 g/mol. The van der Waals surface area contributed by atoms with Gasteiger partial charge in [-0.3, -0.25) is 10.1 Å². The number of aryl methyl sites for hydroxylation is 1. The third kappa shape index (κ3) is 3.94. The Morgan fingerprint density at radius 1 is 1.19 bits per heavy atom. The van der Waals surface area contributed by atoms with Crippen molar-refractivity contribution in [1.29, 1.82) is 0 Å². The van der Waals surface area contributed by atoms with Crippen LogP contribution < -0.4 is 5.32 Å². The molecule has 21 heavy (non-hydrogen) atoms. The predicted octanol–water partition coefficient (Wildman–Crippen LogP) is 1.62. The standard InChI is InChI=1S/C13H19N3O4S/c1-7-8(2)21-11(10(7)12(18)19)14-13(20)16(5)6-9(17)15(3)4/h6H2,1-5H3,(H,14,20)(H,18,19). The first-order valence-electron chi connectivity index (χ1n) is 6.20. The number of nitrogens with one attached hydrogen (secondary N) is 1. The van der Waals surface area contributed by atoms with E-state index in [0.717, 1.165) is 4.88 Å². The van der Waals surface area contributed by atoms with Gasteiger partial charge in [-0.1, -0.05) is 0 Å². The summed E-state index contributed by atoms with van der Waals surface area (Å²) in [5.41, 5.74) is 0.730. The molecule has 0 radical (unpaired) electrons. The molecule has 0 saturated carbocycles. The lowest BCUT2D eigenvalue weighted by Gasteiger charge is -2.19. The molecule has 7 nitrogen and oxygen atoms in total. The predicted molar refractivity (Wildman–Crippen MR) is 81.1 cm³/mol. The highest BCUT2D eigenvalue weighted by molar-refractivity contribution is 7.16. The van der Waals surface area contributed by atoms with Crippen molar-refractivity contribution >= 4 is 34.2 Å². The number of carbonyl (C=O) groups is 3. The van der Waals surface area contributed by atoms with Crippen molar-refractivity contribution < 1.29 is 19.5 Å². The second kappa shape index (κ2) is 6.57. The monoisotopic (exact) mass is 313 g/mol. The van der Waals surface area contributed by atoms with Gasteiger partial charge in [-0.15, -0.1) is 11.3 Å². The number of carboxylic acid groups (broad SMARTS) is 1. The third-order valence-electron chi connectivity index (χ3n) is 3.04.